The number of hydrogen-bond acceptors (Lipinski definition) is 3. The summed E-state index contributed by atoms with van der Waals surface area (Å²) in [6, 6.07) is 0.645. The van der Waals surface area contributed by atoms with Crippen LogP contribution in [-0.2, 0) is 4.79 Å². The summed E-state index contributed by atoms with van der Waals surface area (Å²) >= 11 is 0. The van der Waals surface area contributed by atoms with Crippen molar-refractivity contribution in [1.82, 2.24) is 15.1 Å². The van der Waals surface area contributed by atoms with Gasteiger partial charge in [0, 0.05) is 32.2 Å². The fraction of sp³-hybridized carbons (Fsp3) is 0.938. The van der Waals surface area contributed by atoms with E-state index >= 15 is 0 Å². The first-order chi connectivity index (χ1) is 9.63. The predicted molar refractivity (Wildman–Crippen MR) is 82.7 cm³/mol. The molecule has 1 amide bonds. The van der Waals surface area contributed by atoms with Crippen LogP contribution in [0.3, 0.4) is 0 Å². The number of piperazine rings is 1. The van der Waals surface area contributed by atoms with Crippen LogP contribution in [0.1, 0.15) is 46.5 Å². The number of rotatable bonds is 4. The van der Waals surface area contributed by atoms with Crippen molar-refractivity contribution in [2.45, 2.75) is 52.5 Å². The Morgan fingerprint density at radius 2 is 1.75 bits per heavy atom. The smallest absolute Gasteiger partial charge is 0.228 e. The third-order valence-corrected chi connectivity index (χ3v) is 5.51. The van der Waals surface area contributed by atoms with E-state index in [2.05, 4.69) is 35.9 Å². The van der Waals surface area contributed by atoms with Crippen molar-refractivity contribution in [3.05, 3.63) is 0 Å². The minimum Gasteiger partial charge on any atom is -0.340 e. The third-order valence-electron chi connectivity index (χ3n) is 5.51. The molecule has 4 nitrogen and oxygen atoms in total. The second-order valence-electron chi connectivity index (χ2n) is 6.47. The zero-order chi connectivity index (χ0) is 14.6. The molecule has 0 aliphatic carbocycles. The highest BCUT2D eigenvalue weighted by molar-refractivity contribution is 5.83. The molecule has 2 saturated heterocycles. The highest BCUT2D eigenvalue weighted by atomic mass is 16.2. The molecule has 1 unspecified atom stereocenters. The standard InChI is InChI=1S/C16H31N3O/c1-4-14(3)18-10-12-19(13-11-18)15(20)16(5-2)6-8-17-9-7-16/h14,17H,4-13H2,1-3H3. The van der Waals surface area contributed by atoms with Crippen molar-refractivity contribution in [3.8, 4) is 0 Å². The zero-order valence-corrected chi connectivity index (χ0v) is 13.5. The average Bonchev–Trinajstić information content (AvgIpc) is 2.54. The van der Waals surface area contributed by atoms with E-state index in [1.807, 2.05) is 0 Å². The Morgan fingerprint density at radius 1 is 1.15 bits per heavy atom. The van der Waals surface area contributed by atoms with Gasteiger partial charge < -0.3 is 10.2 Å². The highest BCUT2D eigenvalue weighted by Crippen LogP contribution is 2.35. The Kier molecular flexibility index (Phi) is 5.44. The Hall–Kier alpha value is -0.610. The molecule has 0 radical (unpaired) electrons. The lowest BCUT2D eigenvalue weighted by Gasteiger charge is -2.43. The molecule has 4 heteroatoms. The molecule has 1 atom stereocenters. The van der Waals surface area contributed by atoms with Gasteiger partial charge >= 0.3 is 0 Å². The maximum atomic E-state index is 12.9. The maximum absolute atomic E-state index is 12.9. The van der Waals surface area contributed by atoms with Crippen LogP contribution < -0.4 is 5.32 Å². The molecule has 2 aliphatic rings. The molecule has 2 aliphatic heterocycles. The van der Waals surface area contributed by atoms with Crippen LogP contribution in [0.25, 0.3) is 0 Å². The normalized spacial score (nSPS) is 25.4. The summed E-state index contributed by atoms with van der Waals surface area (Å²) in [6.45, 7) is 12.6. The number of carbonyl (C=O) groups is 1. The summed E-state index contributed by atoms with van der Waals surface area (Å²) in [7, 11) is 0. The molecule has 0 aromatic carbocycles. The van der Waals surface area contributed by atoms with Crippen molar-refractivity contribution >= 4 is 5.91 Å². The molecule has 0 aromatic heterocycles. The second-order valence-corrected chi connectivity index (χ2v) is 6.47. The number of nitrogens with zero attached hydrogens (tertiary/aromatic N) is 2. The summed E-state index contributed by atoms with van der Waals surface area (Å²) in [5.74, 6) is 0.422. The van der Waals surface area contributed by atoms with Crippen LogP contribution >= 0.6 is 0 Å². The number of piperidine rings is 1. The van der Waals surface area contributed by atoms with Crippen LogP contribution in [0.15, 0.2) is 0 Å². The van der Waals surface area contributed by atoms with Gasteiger partial charge in [0.2, 0.25) is 5.91 Å². The van der Waals surface area contributed by atoms with E-state index in [0.29, 0.717) is 11.9 Å². The number of nitrogens with one attached hydrogen (secondary N) is 1. The second kappa shape index (κ2) is 6.90. The van der Waals surface area contributed by atoms with Gasteiger partial charge in [-0.3, -0.25) is 9.69 Å². The number of amides is 1. The fourth-order valence-electron chi connectivity index (χ4n) is 3.58. The van der Waals surface area contributed by atoms with Crippen molar-refractivity contribution in [2.24, 2.45) is 5.41 Å². The molecule has 0 spiro atoms. The van der Waals surface area contributed by atoms with Gasteiger partial charge in [-0.05, 0) is 45.7 Å². The van der Waals surface area contributed by atoms with Gasteiger partial charge in [-0.25, -0.2) is 0 Å². The van der Waals surface area contributed by atoms with Crippen LogP contribution in [0.5, 0.6) is 0 Å². The molecule has 2 fully saturated rings. The molecule has 116 valence electrons. The maximum Gasteiger partial charge on any atom is 0.228 e. The summed E-state index contributed by atoms with van der Waals surface area (Å²) < 4.78 is 0. The van der Waals surface area contributed by atoms with E-state index in [9.17, 15) is 4.79 Å². The van der Waals surface area contributed by atoms with Crippen LogP contribution in [0, 0.1) is 5.41 Å². The largest absolute Gasteiger partial charge is 0.340 e. The van der Waals surface area contributed by atoms with E-state index in [1.165, 1.54) is 6.42 Å². The Bertz CT molecular complexity index is 318. The van der Waals surface area contributed by atoms with Gasteiger partial charge in [-0.1, -0.05) is 13.8 Å². The molecule has 1 N–H and O–H groups in total. The summed E-state index contributed by atoms with van der Waals surface area (Å²) in [6.07, 6.45) is 4.19. The first-order valence-electron chi connectivity index (χ1n) is 8.37. The minimum absolute atomic E-state index is 0.0796. The molecule has 0 saturated carbocycles. The molecule has 20 heavy (non-hydrogen) atoms. The first kappa shape index (κ1) is 15.8. The Balaban J connectivity index is 1.93. The summed E-state index contributed by atoms with van der Waals surface area (Å²) in [5, 5.41) is 3.38. The van der Waals surface area contributed by atoms with Gasteiger partial charge in [0.15, 0.2) is 0 Å². The monoisotopic (exact) mass is 281 g/mol. The van der Waals surface area contributed by atoms with E-state index < -0.39 is 0 Å². The minimum atomic E-state index is -0.0796. The van der Waals surface area contributed by atoms with Crippen molar-refractivity contribution in [1.29, 1.82) is 0 Å². The SMILES string of the molecule is CCC(C)N1CCN(C(=O)C2(CC)CCNCC2)CC1. The van der Waals surface area contributed by atoms with Gasteiger partial charge in [0.25, 0.3) is 0 Å². The van der Waals surface area contributed by atoms with Gasteiger partial charge in [0.1, 0.15) is 0 Å². The molecule has 0 bridgehead atoms. The van der Waals surface area contributed by atoms with Crippen molar-refractivity contribution in [3.63, 3.8) is 0 Å². The molecule has 2 heterocycles. The zero-order valence-electron chi connectivity index (χ0n) is 13.5. The topological polar surface area (TPSA) is 35.6 Å². The molecule has 0 aromatic rings. The van der Waals surface area contributed by atoms with Crippen LogP contribution in [0.4, 0.5) is 0 Å². The molecular weight excluding hydrogens is 250 g/mol. The summed E-state index contributed by atoms with van der Waals surface area (Å²) in [4.78, 5) is 17.6. The van der Waals surface area contributed by atoms with Gasteiger partial charge in [0.05, 0.1) is 5.41 Å². The first-order valence-corrected chi connectivity index (χ1v) is 8.37. The van der Waals surface area contributed by atoms with E-state index in [0.717, 1.165) is 58.5 Å². The van der Waals surface area contributed by atoms with Crippen molar-refractivity contribution in [2.75, 3.05) is 39.3 Å². The predicted octanol–water partition coefficient (Wildman–Crippen LogP) is 1.71. The lowest BCUT2D eigenvalue weighted by Crippen LogP contribution is -2.56. The summed E-state index contributed by atoms with van der Waals surface area (Å²) in [5.41, 5.74) is -0.0796. The van der Waals surface area contributed by atoms with Crippen molar-refractivity contribution < 1.29 is 4.79 Å². The number of carbonyl (C=O) groups excluding carboxylic acids is 1. The van der Waals surface area contributed by atoms with Crippen LogP contribution in [0.2, 0.25) is 0 Å². The molecular formula is C16H31N3O. The van der Waals surface area contributed by atoms with E-state index in [-0.39, 0.29) is 5.41 Å². The van der Waals surface area contributed by atoms with Gasteiger partial charge in [-0.2, -0.15) is 0 Å². The molecule has 2 rings (SSSR count). The van der Waals surface area contributed by atoms with Gasteiger partial charge in [-0.15, -0.1) is 0 Å². The third kappa shape index (κ3) is 3.17. The van der Waals surface area contributed by atoms with E-state index in [4.69, 9.17) is 0 Å². The Labute approximate surface area is 123 Å². The quantitative estimate of drug-likeness (QED) is 0.852. The van der Waals surface area contributed by atoms with E-state index in [1.54, 1.807) is 0 Å². The Morgan fingerprint density at radius 3 is 2.25 bits per heavy atom. The fourth-order valence-corrected chi connectivity index (χ4v) is 3.58. The van der Waals surface area contributed by atoms with Crippen LogP contribution in [-0.4, -0.2) is 61.0 Å². The lowest BCUT2D eigenvalue weighted by molar-refractivity contribution is -0.146. The average molecular weight is 281 g/mol. The highest BCUT2D eigenvalue weighted by Gasteiger charge is 2.41. The lowest BCUT2D eigenvalue weighted by atomic mass is 9.75. The number of hydrogen-bond donors (Lipinski definition) is 1.